The molecule has 0 unspecified atom stereocenters. The van der Waals surface area contributed by atoms with E-state index in [-0.39, 0.29) is 17.0 Å². The molecule has 0 saturated heterocycles. The lowest BCUT2D eigenvalue weighted by Gasteiger charge is -2.08. The van der Waals surface area contributed by atoms with Crippen molar-refractivity contribution < 1.29 is 24.0 Å². The number of rotatable bonds is 9. The maximum atomic E-state index is 12.4. The molecule has 0 saturated carbocycles. The highest BCUT2D eigenvalue weighted by atomic mass is 16.6. The van der Waals surface area contributed by atoms with Gasteiger partial charge in [0.05, 0.1) is 4.92 Å². The minimum absolute atomic E-state index is 0.100. The summed E-state index contributed by atoms with van der Waals surface area (Å²) in [6.07, 6.45) is 1.73. The Morgan fingerprint density at radius 2 is 1.93 bits per heavy atom. The standard InChI is InChI=1S/C21H23N3O6/c1-5-8-23-14(3)10-17(15(23)4)19(25)12-30-20(26)11-22-21(27)16-6-7-18(24(28)29)13(2)9-16/h5-7,9-10H,1,8,11-12H2,2-4H3,(H,22,27). The van der Waals surface area contributed by atoms with E-state index in [1.54, 1.807) is 19.1 Å². The van der Waals surface area contributed by atoms with Crippen LogP contribution in [0.2, 0.25) is 0 Å². The zero-order valence-electron chi connectivity index (χ0n) is 17.1. The number of aromatic nitrogens is 1. The summed E-state index contributed by atoms with van der Waals surface area (Å²) in [6.45, 7) is 8.57. The molecule has 0 aliphatic heterocycles. The highest BCUT2D eigenvalue weighted by Crippen LogP contribution is 2.19. The summed E-state index contributed by atoms with van der Waals surface area (Å²) >= 11 is 0. The summed E-state index contributed by atoms with van der Waals surface area (Å²) in [5.74, 6) is -1.69. The van der Waals surface area contributed by atoms with Crippen molar-refractivity contribution in [2.45, 2.75) is 27.3 Å². The molecule has 0 fully saturated rings. The molecule has 0 radical (unpaired) electrons. The van der Waals surface area contributed by atoms with Crippen molar-refractivity contribution in [2.75, 3.05) is 13.2 Å². The van der Waals surface area contributed by atoms with Crippen LogP contribution < -0.4 is 5.32 Å². The SMILES string of the molecule is C=CCn1c(C)cc(C(=O)COC(=O)CNC(=O)c2ccc([N+](=O)[O-])c(C)c2)c1C. The van der Waals surface area contributed by atoms with E-state index in [1.807, 2.05) is 11.5 Å². The molecule has 0 spiro atoms. The number of hydrogen-bond acceptors (Lipinski definition) is 6. The number of nitrogens with zero attached hydrogens (tertiary/aromatic N) is 2. The molecule has 9 heteroatoms. The summed E-state index contributed by atoms with van der Waals surface area (Å²) in [5.41, 5.74) is 2.53. The van der Waals surface area contributed by atoms with Crippen molar-refractivity contribution >= 4 is 23.3 Å². The Balaban J connectivity index is 1.89. The van der Waals surface area contributed by atoms with Crippen LogP contribution in [0.4, 0.5) is 5.69 Å². The van der Waals surface area contributed by atoms with Gasteiger partial charge in [0.2, 0.25) is 5.78 Å². The van der Waals surface area contributed by atoms with Crippen LogP contribution in [0.5, 0.6) is 0 Å². The summed E-state index contributed by atoms with van der Waals surface area (Å²) in [7, 11) is 0. The third kappa shape index (κ3) is 5.19. The van der Waals surface area contributed by atoms with Crippen molar-refractivity contribution in [1.29, 1.82) is 0 Å². The van der Waals surface area contributed by atoms with Crippen molar-refractivity contribution in [1.82, 2.24) is 9.88 Å². The first-order valence-corrected chi connectivity index (χ1v) is 9.15. The number of esters is 1. The number of ketones is 1. The number of nitro groups is 1. The molecular weight excluding hydrogens is 390 g/mol. The van der Waals surface area contributed by atoms with E-state index < -0.39 is 30.0 Å². The van der Waals surface area contributed by atoms with Gasteiger partial charge in [-0.15, -0.1) is 6.58 Å². The summed E-state index contributed by atoms with van der Waals surface area (Å²) in [5, 5.41) is 13.2. The molecule has 30 heavy (non-hydrogen) atoms. The predicted molar refractivity (Wildman–Crippen MR) is 110 cm³/mol. The number of carbonyl (C=O) groups is 3. The van der Waals surface area contributed by atoms with Gasteiger partial charge >= 0.3 is 5.97 Å². The number of allylic oxidation sites excluding steroid dienone is 1. The van der Waals surface area contributed by atoms with Crippen molar-refractivity contribution in [3.05, 3.63) is 75.1 Å². The summed E-state index contributed by atoms with van der Waals surface area (Å²) < 4.78 is 6.89. The number of nitrogens with one attached hydrogen (secondary N) is 1. The average molecular weight is 413 g/mol. The minimum atomic E-state index is -0.768. The molecule has 1 heterocycles. The molecule has 2 aromatic rings. The molecule has 0 aliphatic rings. The molecule has 1 amide bonds. The number of carbonyl (C=O) groups excluding carboxylic acids is 3. The maximum Gasteiger partial charge on any atom is 0.325 e. The van der Waals surface area contributed by atoms with E-state index in [0.29, 0.717) is 17.7 Å². The fourth-order valence-corrected chi connectivity index (χ4v) is 3.02. The van der Waals surface area contributed by atoms with E-state index in [0.717, 1.165) is 11.4 Å². The van der Waals surface area contributed by atoms with Crippen molar-refractivity contribution in [2.24, 2.45) is 0 Å². The Morgan fingerprint density at radius 1 is 1.23 bits per heavy atom. The smallest absolute Gasteiger partial charge is 0.325 e. The van der Waals surface area contributed by atoms with Gasteiger partial charge in [0.1, 0.15) is 6.54 Å². The van der Waals surface area contributed by atoms with E-state index >= 15 is 0 Å². The van der Waals surface area contributed by atoms with Crippen LogP contribution in [0, 0.1) is 30.9 Å². The van der Waals surface area contributed by atoms with Gasteiger partial charge in [0.25, 0.3) is 11.6 Å². The molecule has 0 aliphatic carbocycles. The number of ether oxygens (including phenoxy) is 1. The van der Waals surface area contributed by atoms with Gasteiger partial charge in [0.15, 0.2) is 6.61 Å². The largest absolute Gasteiger partial charge is 0.456 e. The van der Waals surface area contributed by atoms with E-state index in [4.69, 9.17) is 4.74 Å². The summed E-state index contributed by atoms with van der Waals surface area (Å²) in [4.78, 5) is 46.7. The Kier molecular flexibility index (Phi) is 7.24. The first-order valence-electron chi connectivity index (χ1n) is 9.15. The topological polar surface area (TPSA) is 121 Å². The second-order valence-electron chi connectivity index (χ2n) is 6.71. The van der Waals surface area contributed by atoms with Crippen molar-refractivity contribution in [3.63, 3.8) is 0 Å². The van der Waals surface area contributed by atoms with Crippen molar-refractivity contribution in [3.8, 4) is 0 Å². The molecular formula is C21H23N3O6. The Labute approximate surface area is 173 Å². The van der Waals surface area contributed by atoms with Crippen LogP contribution in [-0.4, -0.2) is 40.3 Å². The monoisotopic (exact) mass is 413 g/mol. The number of benzene rings is 1. The highest BCUT2D eigenvalue weighted by molar-refractivity contribution is 6.00. The molecule has 1 aromatic heterocycles. The fraction of sp³-hybridized carbons (Fsp3) is 0.286. The van der Waals surface area contributed by atoms with Gasteiger partial charge in [-0.2, -0.15) is 0 Å². The minimum Gasteiger partial charge on any atom is -0.456 e. The van der Waals surface area contributed by atoms with Crippen LogP contribution >= 0.6 is 0 Å². The third-order valence-corrected chi connectivity index (χ3v) is 4.60. The molecule has 1 aromatic carbocycles. The van der Waals surface area contributed by atoms with E-state index in [2.05, 4.69) is 11.9 Å². The lowest BCUT2D eigenvalue weighted by molar-refractivity contribution is -0.385. The Morgan fingerprint density at radius 3 is 2.53 bits per heavy atom. The predicted octanol–water partition coefficient (Wildman–Crippen LogP) is 2.66. The number of aryl methyl sites for hydroxylation is 2. The second-order valence-corrected chi connectivity index (χ2v) is 6.71. The van der Waals surface area contributed by atoms with Gasteiger partial charge in [-0.3, -0.25) is 24.5 Å². The van der Waals surface area contributed by atoms with Gasteiger partial charge in [-0.25, -0.2) is 0 Å². The zero-order chi connectivity index (χ0) is 22.4. The molecule has 158 valence electrons. The Hall–Kier alpha value is -3.75. The van der Waals surface area contributed by atoms with Gasteiger partial charge in [-0.1, -0.05) is 6.08 Å². The van der Waals surface area contributed by atoms with Crippen LogP contribution in [0.1, 0.15) is 37.7 Å². The Bertz CT molecular complexity index is 1020. The van der Waals surface area contributed by atoms with Gasteiger partial charge in [0, 0.05) is 40.7 Å². The van der Waals surface area contributed by atoms with E-state index in [9.17, 15) is 24.5 Å². The molecule has 1 N–H and O–H groups in total. The number of hydrogen-bond donors (Lipinski definition) is 1. The first kappa shape index (κ1) is 22.5. The normalized spacial score (nSPS) is 10.4. The molecule has 0 bridgehead atoms. The van der Waals surface area contributed by atoms with Crippen LogP contribution in [0.15, 0.2) is 36.9 Å². The maximum absolute atomic E-state index is 12.4. The zero-order valence-corrected chi connectivity index (χ0v) is 17.1. The molecule has 9 nitrogen and oxygen atoms in total. The lowest BCUT2D eigenvalue weighted by Crippen LogP contribution is -2.31. The van der Waals surface area contributed by atoms with Gasteiger partial charge in [-0.05, 0) is 39.0 Å². The third-order valence-electron chi connectivity index (χ3n) is 4.60. The van der Waals surface area contributed by atoms with Crippen LogP contribution in [-0.2, 0) is 16.1 Å². The second kappa shape index (κ2) is 9.64. The quantitative estimate of drug-likeness (QED) is 0.222. The lowest BCUT2D eigenvalue weighted by atomic mass is 10.1. The molecule has 0 atom stereocenters. The number of nitro benzene ring substituents is 1. The van der Waals surface area contributed by atoms with Crippen LogP contribution in [0.3, 0.4) is 0 Å². The number of amides is 1. The fourth-order valence-electron chi connectivity index (χ4n) is 3.02. The molecule has 2 rings (SSSR count). The van der Waals surface area contributed by atoms with Gasteiger partial charge < -0.3 is 14.6 Å². The number of Topliss-reactive ketones (excluding diaryl/α,β-unsaturated/α-hetero) is 1. The highest BCUT2D eigenvalue weighted by Gasteiger charge is 2.18. The summed E-state index contributed by atoms with van der Waals surface area (Å²) in [6, 6.07) is 5.62. The first-order chi connectivity index (χ1) is 14.1. The van der Waals surface area contributed by atoms with E-state index in [1.165, 1.54) is 25.1 Å². The average Bonchev–Trinajstić information content (AvgIpc) is 2.98. The van der Waals surface area contributed by atoms with Crippen LogP contribution in [0.25, 0.3) is 0 Å².